The predicted molar refractivity (Wildman–Crippen MR) is 91.7 cm³/mol. The maximum atomic E-state index is 12.5. The molecule has 9 heteroatoms. The summed E-state index contributed by atoms with van der Waals surface area (Å²) in [6, 6.07) is 5.16. The number of amides is 1. The van der Waals surface area contributed by atoms with Gasteiger partial charge in [-0.15, -0.1) is 11.8 Å². The van der Waals surface area contributed by atoms with Crippen LogP contribution in [0, 0.1) is 10.1 Å². The third-order valence-electron chi connectivity index (χ3n) is 4.11. The number of ether oxygens (including phenoxy) is 1. The minimum absolute atomic E-state index is 0.0102. The van der Waals surface area contributed by atoms with Crippen LogP contribution in [0.25, 0.3) is 0 Å². The van der Waals surface area contributed by atoms with Crippen LogP contribution in [-0.4, -0.2) is 43.2 Å². The number of fused-ring (bicyclic) bond motifs is 1. The predicted octanol–water partition coefficient (Wildman–Crippen LogP) is 2.47. The Morgan fingerprint density at radius 3 is 2.75 bits per heavy atom. The SMILES string of the molecule is CC1(Br)CSC2CC(=O)N2[C@H]1C(=O)OCc1ccc([N+](=O)[O-])cc1. The first-order valence-corrected chi connectivity index (χ1v) is 9.15. The number of hydrogen-bond donors (Lipinski definition) is 0. The van der Waals surface area contributed by atoms with E-state index in [4.69, 9.17) is 4.74 Å². The third kappa shape index (κ3) is 3.14. The third-order valence-corrected chi connectivity index (χ3v) is 6.74. The number of thioether (sulfide) groups is 1. The number of nitro benzene ring substituents is 1. The van der Waals surface area contributed by atoms with Crippen molar-refractivity contribution in [1.29, 1.82) is 0 Å². The summed E-state index contributed by atoms with van der Waals surface area (Å²) in [6.07, 6.45) is 0.458. The van der Waals surface area contributed by atoms with Crippen molar-refractivity contribution in [2.24, 2.45) is 0 Å². The van der Waals surface area contributed by atoms with Gasteiger partial charge >= 0.3 is 5.97 Å². The average Bonchev–Trinajstić information content (AvgIpc) is 2.53. The Bertz CT molecular complexity index is 694. The lowest BCUT2D eigenvalue weighted by Gasteiger charge is -2.52. The fraction of sp³-hybridized carbons (Fsp3) is 0.467. The number of carbonyl (C=O) groups is 2. The number of rotatable bonds is 4. The maximum Gasteiger partial charge on any atom is 0.330 e. The number of halogens is 1. The van der Waals surface area contributed by atoms with E-state index < -0.39 is 21.3 Å². The van der Waals surface area contributed by atoms with E-state index in [1.165, 1.54) is 12.1 Å². The molecule has 2 aliphatic rings. The van der Waals surface area contributed by atoms with E-state index in [-0.39, 0.29) is 23.6 Å². The topological polar surface area (TPSA) is 89.8 Å². The minimum Gasteiger partial charge on any atom is -0.459 e. The molecule has 2 heterocycles. The van der Waals surface area contributed by atoms with Gasteiger partial charge in [0.2, 0.25) is 5.91 Å². The lowest BCUT2D eigenvalue weighted by Crippen LogP contribution is -2.68. The number of carbonyl (C=O) groups excluding carboxylic acids is 2. The van der Waals surface area contributed by atoms with Crippen molar-refractivity contribution in [3.8, 4) is 0 Å². The van der Waals surface area contributed by atoms with Gasteiger partial charge in [-0.05, 0) is 24.6 Å². The number of hydrogen-bond acceptors (Lipinski definition) is 6. The molecule has 1 aromatic carbocycles. The molecule has 128 valence electrons. The molecule has 2 fully saturated rings. The van der Waals surface area contributed by atoms with Crippen molar-refractivity contribution >= 4 is 45.3 Å². The molecule has 0 saturated carbocycles. The lowest BCUT2D eigenvalue weighted by molar-refractivity contribution is -0.384. The van der Waals surface area contributed by atoms with Crippen LogP contribution in [0.4, 0.5) is 5.69 Å². The molecular formula is C15H15BrN2O5S. The van der Waals surface area contributed by atoms with Gasteiger partial charge in [0.15, 0.2) is 0 Å². The summed E-state index contributed by atoms with van der Waals surface area (Å²) >= 11 is 5.20. The van der Waals surface area contributed by atoms with Crippen molar-refractivity contribution in [2.75, 3.05) is 5.75 Å². The van der Waals surface area contributed by atoms with Gasteiger partial charge in [-0.25, -0.2) is 4.79 Å². The summed E-state index contributed by atoms with van der Waals surface area (Å²) in [5.41, 5.74) is 0.637. The van der Waals surface area contributed by atoms with E-state index >= 15 is 0 Å². The first-order chi connectivity index (χ1) is 11.3. The second-order valence-electron chi connectivity index (χ2n) is 5.98. The van der Waals surface area contributed by atoms with Crippen LogP contribution in [-0.2, 0) is 20.9 Å². The number of nitro groups is 1. The molecule has 1 amide bonds. The highest BCUT2D eigenvalue weighted by molar-refractivity contribution is 9.10. The molecule has 0 N–H and O–H groups in total. The smallest absolute Gasteiger partial charge is 0.330 e. The molecule has 1 aromatic rings. The number of non-ortho nitro benzene ring substituents is 1. The monoisotopic (exact) mass is 414 g/mol. The Kier molecular flexibility index (Phi) is 4.56. The molecule has 7 nitrogen and oxygen atoms in total. The highest BCUT2D eigenvalue weighted by atomic mass is 79.9. The van der Waals surface area contributed by atoms with Crippen LogP contribution in [0.3, 0.4) is 0 Å². The molecule has 0 aromatic heterocycles. The quantitative estimate of drug-likeness (QED) is 0.247. The van der Waals surface area contributed by atoms with Crippen LogP contribution in [0.5, 0.6) is 0 Å². The fourth-order valence-electron chi connectivity index (χ4n) is 2.79. The Labute approximate surface area is 151 Å². The molecule has 2 unspecified atom stereocenters. The summed E-state index contributed by atoms with van der Waals surface area (Å²) in [5.74, 6) is 0.194. The Morgan fingerprint density at radius 1 is 1.50 bits per heavy atom. The molecule has 0 aliphatic carbocycles. The minimum atomic E-state index is -0.664. The zero-order chi connectivity index (χ0) is 17.5. The van der Waals surface area contributed by atoms with Gasteiger partial charge in [0.05, 0.1) is 21.0 Å². The Morgan fingerprint density at radius 2 is 2.17 bits per heavy atom. The lowest BCUT2D eigenvalue weighted by atomic mass is 9.97. The number of alkyl halides is 1. The summed E-state index contributed by atoms with van der Waals surface area (Å²) < 4.78 is 4.82. The molecule has 0 radical (unpaired) electrons. The highest BCUT2D eigenvalue weighted by Gasteiger charge is 2.55. The molecule has 24 heavy (non-hydrogen) atoms. The maximum absolute atomic E-state index is 12.5. The standard InChI is InChI=1S/C15H15BrN2O5S/c1-15(16)8-24-12-6-11(19)17(12)13(15)14(20)23-7-9-2-4-10(5-3-9)18(21)22/h2-5,12-13H,6-8H2,1H3/t12?,13-,15?/m0/s1. The van der Waals surface area contributed by atoms with Gasteiger partial charge in [0.25, 0.3) is 5.69 Å². The zero-order valence-corrected chi connectivity index (χ0v) is 15.2. The molecule has 0 bridgehead atoms. The van der Waals surface area contributed by atoms with E-state index in [1.807, 2.05) is 6.92 Å². The fourth-order valence-corrected chi connectivity index (χ4v) is 4.93. The van der Waals surface area contributed by atoms with Gasteiger partial charge in [-0.2, -0.15) is 0 Å². The largest absolute Gasteiger partial charge is 0.459 e. The number of benzene rings is 1. The molecule has 3 atom stereocenters. The summed E-state index contributed by atoms with van der Waals surface area (Å²) in [6.45, 7) is 1.88. The van der Waals surface area contributed by atoms with Gasteiger partial charge < -0.3 is 9.64 Å². The van der Waals surface area contributed by atoms with Crippen LogP contribution in [0.2, 0.25) is 0 Å². The zero-order valence-electron chi connectivity index (χ0n) is 12.8. The van der Waals surface area contributed by atoms with Gasteiger partial charge in [0.1, 0.15) is 12.6 Å². The average molecular weight is 415 g/mol. The Balaban J connectivity index is 1.67. The second-order valence-corrected chi connectivity index (χ2v) is 8.96. The van der Waals surface area contributed by atoms with E-state index in [1.54, 1.807) is 28.8 Å². The van der Waals surface area contributed by atoms with Gasteiger partial charge in [-0.3, -0.25) is 14.9 Å². The second kappa shape index (κ2) is 6.36. The summed E-state index contributed by atoms with van der Waals surface area (Å²) in [5, 5.41) is 10.7. The van der Waals surface area contributed by atoms with E-state index in [0.717, 1.165) is 0 Å². The van der Waals surface area contributed by atoms with Crippen molar-refractivity contribution in [1.82, 2.24) is 4.90 Å². The van der Waals surface area contributed by atoms with Crippen LogP contribution in [0.1, 0.15) is 18.9 Å². The van der Waals surface area contributed by atoms with Gasteiger partial charge in [0, 0.05) is 17.9 Å². The number of β-lactam (4-membered cyclic amide) rings is 1. The first kappa shape index (κ1) is 17.2. The normalized spacial score (nSPS) is 28.8. The van der Waals surface area contributed by atoms with E-state index in [9.17, 15) is 19.7 Å². The van der Waals surface area contributed by atoms with Crippen LogP contribution in [0.15, 0.2) is 24.3 Å². The molecule has 2 aliphatic heterocycles. The van der Waals surface area contributed by atoms with E-state index in [2.05, 4.69) is 15.9 Å². The summed E-state index contributed by atoms with van der Waals surface area (Å²) in [7, 11) is 0. The first-order valence-electron chi connectivity index (χ1n) is 7.31. The van der Waals surface area contributed by atoms with Crippen molar-refractivity contribution in [3.63, 3.8) is 0 Å². The van der Waals surface area contributed by atoms with Crippen LogP contribution < -0.4 is 0 Å². The molecule has 2 saturated heterocycles. The number of esters is 1. The molecular weight excluding hydrogens is 400 g/mol. The van der Waals surface area contributed by atoms with Crippen molar-refractivity contribution in [3.05, 3.63) is 39.9 Å². The van der Waals surface area contributed by atoms with E-state index in [0.29, 0.717) is 17.7 Å². The van der Waals surface area contributed by atoms with Crippen LogP contribution >= 0.6 is 27.7 Å². The highest BCUT2D eigenvalue weighted by Crippen LogP contribution is 2.45. The molecule has 3 rings (SSSR count). The Hall–Kier alpha value is -1.61. The summed E-state index contributed by atoms with van der Waals surface area (Å²) in [4.78, 5) is 36.1. The van der Waals surface area contributed by atoms with Crippen molar-refractivity contribution < 1.29 is 19.2 Å². The molecule has 0 spiro atoms. The van der Waals surface area contributed by atoms with Crippen molar-refractivity contribution in [2.45, 2.75) is 35.7 Å². The van der Waals surface area contributed by atoms with Gasteiger partial charge in [-0.1, -0.05) is 15.9 Å². The number of nitrogens with zero attached hydrogens (tertiary/aromatic N) is 2.